The fourth-order valence-electron chi connectivity index (χ4n) is 2.24. The maximum absolute atomic E-state index is 12.0. The average molecular weight is 300 g/mol. The van der Waals surface area contributed by atoms with Crippen molar-refractivity contribution in [2.45, 2.75) is 31.8 Å². The molecule has 1 aliphatic rings. The minimum atomic E-state index is -0.796. The Hall–Kier alpha value is -2.32. The van der Waals surface area contributed by atoms with Gasteiger partial charge in [-0.1, -0.05) is 12.1 Å². The van der Waals surface area contributed by atoms with Crippen molar-refractivity contribution in [3.8, 4) is 11.8 Å². The lowest BCUT2D eigenvalue weighted by atomic mass is 9.80. The van der Waals surface area contributed by atoms with Crippen molar-refractivity contribution in [3.05, 3.63) is 35.4 Å². The molecule has 0 bridgehead atoms. The molecule has 1 aliphatic carbocycles. The molecule has 1 fully saturated rings. The van der Waals surface area contributed by atoms with Gasteiger partial charge in [0.15, 0.2) is 0 Å². The van der Waals surface area contributed by atoms with Crippen molar-refractivity contribution in [2.24, 2.45) is 0 Å². The highest BCUT2D eigenvalue weighted by molar-refractivity contribution is 6.01. The predicted molar refractivity (Wildman–Crippen MR) is 83.0 cm³/mol. The molecule has 0 spiro atoms. The minimum absolute atomic E-state index is 0.0204. The Bertz CT molecular complexity index is 595. The number of nitrogens with zero attached hydrogens (tertiary/aromatic N) is 1. The standard InChI is InChI=1S/C17H20N2O3/c1-2-22-15-6-4-13(5-7-15)10-14(11-18)16(20)19-12-17(21)8-3-9-17/h4-7,10,21H,2-3,8-9,12H2,1H3,(H,19,20). The first kappa shape index (κ1) is 16.1. The average Bonchev–Trinajstić information content (AvgIpc) is 2.50. The monoisotopic (exact) mass is 300 g/mol. The van der Waals surface area contributed by atoms with Crippen LogP contribution in [0.25, 0.3) is 6.08 Å². The van der Waals surface area contributed by atoms with E-state index in [-0.39, 0.29) is 12.1 Å². The molecule has 0 radical (unpaired) electrons. The lowest BCUT2D eigenvalue weighted by molar-refractivity contribution is -0.119. The zero-order valence-electron chi connectivity index (χ0n) is 12.6. The highest BCUT2D eigenvalue weighted by Crippen LogP contribution is 2.30. The molecule has 0 heterocycles. The zero-order valence-corrected chi connectivity index (χ0v) is 12.6. The van der Waals surface area contributed by atoms with Crippen molar-refractivity contribution in [1.29, 1.82) is 5.26 Å². The molecule has 0 aliphatic heterocycles. The highest BCUT2D eigenvalue weighted by Gasteiger charge is 2.34. The lowest BCUT2D eigenvalue weighted by Gasteiger charge is -2.36. The smallest absolute Gasteiger partial charge is 0.262 e. The Balaban J connectivity index is 1.99. The SMILES string of the molecule is CCOc1ccc(C=C(C#N)C(=O)NCC2(O)CCC2)cc1. The topological polar surface area (TPSA) is 82.3 Å². The fourth-order valence-corrected chi connectivity index (χ4v) is 2.24. The van der Waals surface area contributed by atoms with Gasteiger partial charge in [-0.2, -0.15) is 5.26 Å². The van der Waals surface area contributed by atoms with Gasteiger partial charge >= 0.3 is 0 Å². The van der Waals surface area contributed by atoms with Gasteiger partial charge < -0.3 is 15.2 Å². The summed E-state index contributed by atoms with van der Waals surface area (Å²) in [6, 6.07) is 9.05. The number of hydrogen-bond donors (Lipinski definition) is 2. The van der Waals surface area contributed by atoms with E-state index in [0.717, 1.165) is 17.7 Å². The van der Waals surface area contributed by atoms with Crippen LogP contribution in [0.15, 0.2) is 29.8 Å². The van der Waals surface area contributed by atoms with Gasteiger partial charge in [0, 0.05) is 6.54 Å². The summed E-state index contributed by atoms with van der Waals surface area (Å²) >= 11 is 0. The summed E-state index contributed by atoms with van der Waals surface area (Å²) in [5.41, 5.74) is -0.0281. The molecule has 1 aromatic carbocycles. The summed E-state index contributed by atoms with van der Waals surface area (Å²) in [7, 11) is 0. The van der Waals surface area contributed by atoms with Crippen molar-refractivity contribution < 1.29 is 14.6 Å². The molecular weight excluding hydrogens is 280 g/mol. The molecule has 1 saturated carbocycles. The van der Waals surface area contributed by atoms with Gasteiger partial charge in [0.2, 0.25) is 0 Å². The Morgan fingerprint density at radius 1 is 1.45 bits per heavy atom. The number of rotatable bonds is 6. The van der Waals surface area contributed by atoms with E-state index >= 15 is 0 Å². The van der Waals surface area contributed by atoms with Crippen molar-refractivity contribution in [1.82, 2.24) is 5.32 Å². The molecule has 0 unspecified atom stereocenters. The maximum atomic E-state index is 12.0. The third kappa shape index (κ3) is 4.09. The fraction of sp³-hybridized carbons (Fsp3) is 0.412. The van der Waals surface area contributed by atoms with Gasteiger partial charge in [-0.15, -0.1) is 0 Å². The van der Waals surface area contributed by atoms with E-state index in [2.05, 4.69) is 5.32 Å². The Labute approximate surface area is 130 Å². The summed E-state index contributed by atoms with van der Waals surface area (Å²) < 4.78 is 5.34. The number of nitriles is 1. The largest absolute Gasteiger partial charge is 0.494 e. The first-order valence-electron chi connectivity index (χ1n) is 7.41. The second-order valence-corrected chi connectivity index (χ2v) is 5.43. The van der Waals surface area contributed by atoms with E-state index in [4.69, 9.17) is 10.00 Å². The van der Waals surface area contributed by atoms with Crippen molar-refractivity contribution in [3.63, 3.8) is 0 Å². The molecule has 1 aromatic rings. The quantitative estimate of drug-likeness (QED) is 0.622. The number of aliphatic hydroxyl groups is 1. The molecule has 2 rings (SSSR count). The summed E-state index contributed by atoms with van der Waals surface area (Å²) in [4.78, 5) is 12.0. The van der Waals surface area contributed by atoms with E-state index in [1.165, 1.54) is 6.08 Å². The van der Waals surface area contributed by atoms with Crippen LogP contribution in [0.3, 0.4) is 0 Å². The number of carbonyl (C=O) groups is 1. The van der Waals surface area contributed by atoms with Crippen LogP contribution in [0.5, 0.6) is 5.75 Å². The van der Waals surface area contributed by atoms with Crippen LogP contribution in [-0.2, 0) is 4.79 Å². The Kier molecular flexibility index (Phi) is 5.18. The van der Waals surface area contributed by atoms with Crippen molar-refractivity contribution >= 4 is 12.0 Å². The van der Waals surface area contributed by atoms with Gasteiger partial charge in [0.25, 0.3) is 5.91 Å². The van der Waals surface area contributed by atoms with Crippen LogP contribution >= 0.6 is 0 Å². The van der Waals surface area contributed by atoms with Crippen LogP contribution in [0.2, 0.25) is 0 Å². The third-order valence-electron chi connectivity index (χ3n) is 3.73. The van der Waals surface area contributed by atoms with Gasteiger partial charge in [0.1, 0.15) is 17.4 Å². The molecule has 0 atom stereocenters. The second kappa shape index (κ2) is 7.10. The predicted octanol–water partition coefficient (Wildman–Crippen LogP) is 2.02. The highest BCUT2D eigenvalue weighted by atomic mass is 16.5. The van der Waals surface area contributed by atoms with Crippen LogP contribution in [0, 0.1) is 11.3 Å². The Morgan fingerprint density at radius 2 is 2.14 bits per heavy atom. The normalized spacial score (nSPS) is 16.3. The maximum Gasteiger partial charge on any atom is 0.262 e. The number of carbonyl (C=O) groups excluding carboxylic acids is 1. The van der Waals surface area contributed by atoms with E-state index in [0.29, 0.717) is 19.4 Å². The first-order chi connectivity index (χ1) is 10.6. The van der Waals surface area contributed by atoms with Crippen LogP contribution < -0.4 is 10.1 Å². The molecule has 5 heteroatoms. The van der Waals surface area contributed by atoms with Crippen LogP contribution in [0.4, 0.5) is 0 Å². The second-order valence-electron chi connectivity index (χ2n) is 5.43. The van der Waals surface area contributed by atoms with E-state index < -0.39 is 11.5 Å². The zero-order chi connectivity index (χ0) is 16.0. The third-order valence-corrected chi connectivity index (χ3v) is 3.73. The number of nitrogens with one attached hydrogen (secondary N) is 1. The van der Waals surface area contributed by atoms with Gasteiger partial charge in [-0.05, 0) is 50.0 Å². The number of hydrogen-bond acceptors (Lipinski definition) is 4. The van der Waals surface area contributed by atoms with Gasteiger partial charge in [-0.3, -0.25) is 4.79 Å². The summed E-state index contributed by atoms with van der Waals surface area (Å²) in [5.74, 6) is 0.284. The molecule has 2 N–H and O–H groups in total. The van der Waals surface area contributed by atoms with Crippen LogP contribution in [-0.4, -0.2) is 29.8 Å². The minimum Gasteiger partial charge on any atom is -0.494 e. The number of ether oxygens (including phenoxy) is 1. The molecule has 0 aromatic heterocycles. The molecule has 22 heavy (non-hydrogen) atoms. The van der Waals surface area contributed by atoms with E-state index in [9.17, 15) is 9.90 Å². The molecule has 116 valence electrons. The molecule has 1 amide bonds. The van der Waals surface area contributed by atoms with E-state index in [1.54, 1.807) is 24.3 Å². The van der Waals surface area contributed by atoms with Crippen molar-refractivity contribution in [2.75, 3.05) is 13.2 Å². The summed E-state index contributed by atoms with van der Waals surface area (Å²) in [5, 5.41) is 21.7. The van der Waals surface area contributed by atoms with E-state index in [1.807, 2.05) is 13.0 Å². The summed E-state index contributed by atoms with van der Waals surface area (Å²) in [6.45, 7) is 2.68. The lowest BCUT2D eigenvalue weighted by Crippen LogP contribution is -2.48. The molecule has 5 nitrogen and oxygen atoms in total. The Morgan fingerprint density at radius 3 is 2.64 bits per heavy atom. The molecule has 0 saturated heterocycles. The molecular formula is C17H20N2O3. The van der Waals surface area contributed by atoms with Gasteiger partial charge in [-0.25, -0.2) is 0 Å². The van der Waals surface area contributed by atoms with Crippen LogP contribution in [0.1, 0.15) is 31.7 Å². The first-order valence-corrected chi connectivity index (χ1v) is 7.41. The number of benzene rings is 1. The van der Waals surface area contributed by atoms with Gasteiger partial charge in [0.05, 0.1) is 12.2 Å². The number of amides is 1. The summed E-state index contributed by atoms with van der Waals surface area (Å²) in [6.07, 6.45) is 3.88.